The summed E-state index contributed by atoms with van der Waals surface area (Å²) in [7, 11) is 1.87. The molecule has 0 atom stereocenters. The quantitative estimate of drug-likeness (QED) is 0.527. The highest BCUT2D eigenvalue weighted by Crippen LogP contribution is 2.34. The van der Waals surface area contributed by atoms with Gasteiger partial charge in [0, 0.05) is 55.7 Å². The highest BCUT2D eigenvalue weighted by molar-refractivity contribution is 5.91. The summed E-state index contributed by atoms with van der Waals surface area (Å²) < 4.78 is 15.9. The van der Waals surface area contributed by atoms with Crippen molar-refractivity contribution in [2.45, 2.75) is 6.92 Å². The van der Waals surface area contributed by atoms with Crippen molar-refractivity contribution >= 4 is 28.4 Å². The number of aromatic nitrogens is 5. The van der Waals surface area contributed by atoms with Gasteiger partial charge in [0.25, 0.3) is 0 Å². The molecule has 158 valence electrons. The molecule has 0 amide bonds. The van der Waals surface area contributed by atoms with Gasteiger partial charge in [-0.1, -0.05) is 0 Å². The van der Waals surface area contributed by atoms with E-state index in [1.54, 1.807) is 16.9 Å². The molecule has 9 heteroatoms. The summed E-state index contributed by atoms with van der Waals surface area (Å²) in [4.78, 5) is 15.9. The van der Waals surface area contributed by atoms with Gasteiger partial charge in [-0.05, 0) is 37.3 Å². The second kappa shape index (κ2) is 7.92. The predicted octanol–water partition coefficient (Wildman–Crippen LogP) is 3.03. The molecule has 31 heavy (non-hydrogen) atoms. The predicted molar refractivity (Wildman–Crippen MR) is 119 cm³/mol. The zero-order chi connectivity index (χ0) is 21.4. The molecule has 0 aliphatic carbocycles. The summed E-state index contributed by atoms with van der Waals surface area (Å²) in [5.74, 6) is 1.17. The maximum atomic E-state index is 14.1. The molecule has 1 fully saturated rings. The third kappa shape index (κ3) is 3.68. The Morgan fingerprint density at radius 2 is 1.90 bits per heavy atom. The fourth-order valence-electron chi connectivity index (χ4n) is 3.83. The summed E-state index contributed by atoms with van der Waals surface area (Å²) in [5, 5.41) is 11.0. The number of nitrogens with one attached hydrogen (secondary N) is 2. The Kier molecular flexibility index (Phi) is 4.95. The van der Waals surface area contributed by atoms with Gasteiger partial charge in [0.15, 0.2) is 5.82 Å². The van der Waals surface area contributed by atoms with Crippen molar-refractivity contribution < 1.29 is 4.39 Å². The van der Waals surface area contributed by atoms with Crippen LogP contribution in [0, 0.1) is 12.7 Å². The topological polar surface area (TPSA) is 83.8 Å². The zero-order valence-electron chi connectivity index (χ0n) is 17.4. The number of pyridine rings is 1. The Bertz CT molecular complexity index is 1250. The third-order valence-electron chi connectivity index (χ3n) is 5.67. The van der Waals surface area contributed by atoms with Crippen molar-refractivity contribution in [1.29, 1.82) is 0 Å². The van der Waals surface area contributed by atoms with E-state index < -0.39 is 0 Å². The van der Waals surface area contributed by atoms with E-state index in [-0.39, 0.29) is 5.82 Å². The Morgan fingerprint density at radius 3 is 2.68 bits per heavy atom. The standard InChI is InChI=1S/C22H23FN8/c1-14-17(12-27-30(14)2)16-11-15(23)3-4-18(16)28-22-21-19(25-13-26-22)5-6-20(29-21)31-9-7-24-8-10-31/h3-6,11-13,24H,7-10H2,1-2H3,(H,25,26,28). The molecule has 0 unspecified atom stereocenters. The largest absolute Gasteiger partial charge is 0.354 e. The number of halogens is 1. The lowest BCUT2D eigenvalue weighted by Crippen LogP contribution is -2.43. The lowest BCUT2D eigenvalue weighted by Gasteiger charge is -2.28. The zero-order valence-corrected chi connectivity index (χ0v) is 17.4. The lowest BCUT2D eigenvalue weighted by atomic mass is 10.0. The molecule has 0 bridgehead atoms. The van der Waals surface area contributed by atoms with Gasteiger partial charge in [0.2, 0.25) is 0 Å². The van der Waals surface area contributed by atoms with E-state index in [0.717, 1.165) is 60.0 Å². The number of nitrogens with zero attached hydrogens (tertiary/aromatic N) is 6. The second-order valence-corrected chi connectivity index (χ2v) is 7.58. The van der Waals surface area contributed by atoms with Crippen molar-refractivity contribution in [3.05, 3.63) is 54.4 Å². The Balaban J connectivity index is 1.57. The van der Waals surface area contributed by atoms with Crippen LogP contribution in [-0.4, -0.2) is 50.9 Å². The average Bonchev–Trinajstić information content (AvgIpc) is 3.13. The highest BCUT2D eigenvalue weighted by atomic mass is 19.1. The van der Waals surface area contributed by atoms with E-state index in [4.69, 9.17) is 4.98 Å². The number of rotatable bonds is 4. The lowest BCUT2D eigenvalue weighted by molar-refractivity contribution is 0.585. The number of benzene rings is 1. The van der Waals surface area contributed by atoms with Crippen LogP contribution < -0.4 is 15.5 Å². The fourth-order valence-corrected chi connectivity index (χ4v) is 3.83. The van der Waals surface area contributed by atoms with Crippen LogP contribution in [0.5, 0.6) is 0 Å². The Hall–Kier alpha value is -3.59. The maximum Gasteiger partial charge on any atom is 0.160 e. The minimum Gasteiger partial charge on any atom is -0.354 e. The van der Waals surface area contributed by atoms with E-state index in [0.29, 0.717) is 11.3 Å². The Morgan fingerprint density at radius 1 is 1.06 bits per heavy atom. The Labute approximate surface area is 179 Å². The van der Waals surface area contributed by atoms with Crippen LogP contribution in [0.15, 0.2) is 42.9 Å². The molecular weight excluding hydrogens is 395 g/mol. The maximum absolute atomic E-state index is 14.1. The summed E-state index contributed by atoms with van der Waals surface area (Å²) in [6, 6.07) is 8.61. The number of anilines is 3. The molecule has 4 aromatic rings. The molecule has 2 N–H and O–H groups in total. The van der Waals surface area contributed by atoms with Crippen LogP contribution in [0.2, 0.25) is 0 Å². The van der Waals surface area contributed by atoms with Crippen LogP contribution >= 0.6 is 0 Å². The fraction of sp³-hybridized carbons (Fsp3) is 0.273. The minimum absolute atomic E-state index is 0.310. The number of aryl methyl sites for hydroxylation is 1. The van der Waals surface area contributed by atoms with Crippen LogP contribution in [0.25, 0.3) is 22.2 Å². The van der Waals surface area contributed by atoms with Crippen molar-refractivity contribution in [3.8, 4) is 11.1 Å². The number of piperazine rings is 1. The monoisotopic (exact) mass is 418 g/mol. The van der Waals surface area contributed by atoms with Gasteiger partial charge in [-0.3, -0.25) is 4.68 Å². The average molecular weight is 418 g/mol. The normalized spacial score (nSPS) is 14.2. The van der Waals surface area contributed by atoms with Gasteiger partial charge >= 0.3 is 0 Å². The minimum atomic E-state index is -0.310. The first-order chi connectivity index (χ1) is 15.1. The van der Waals surface area contributed by atoms with Crippen LogP contribution in [-0.2, 0) is 7.05 Å². The second-order valence-electron chi connectivity index (χ2n) is 7.58. The SMILES string of the molecule is Cc1c(-c2cc(F)ccc2Nc2ncnc3ccc(N4CCNCC4)nc23)cnn1C. The summed E-state index contributed by atoms with van der Waals surface area (Å²) >= 11 is 0. The van der Waals surface area contributed by atoms with E-state index in [2.05, 4.69) is 30.6 Å². The van der Waals surface area contributed by atoms with Gasteiger partial charge in [-0.2, -0.15) is 5.10 Å². The molecule has 0 spiro atoms. The molecule has 3 aromatic heterocycles. The van der Waals surface area contributed by atoms with E-state index in [1.807, 2.05) is 26.1 Å². The summed E-state index contributed by atoms with van der Waals surface area (Å²) in [6.07, 6.45) is 3.25. The highest BCUT2D eigenvalue weighted by Gasteiger charge is 2.17. The molecular formula is C22H23FN8. The molecule has 0 saturated carbocycles. The first kappa shape index (κ1) is 19.4. The van der Waals surface area contributed by atoms with Gasteiger partial charge in [0.05, 0.1) is 11.7 Å². The summed E-state index contributed by atoms with van der Waals surface area (Å²) in [6.45, 7) is 5.62. The number of hydrogen-bond acceptors (Lipinski definition) is 7. The number of fused-ring (bicyclic) bond motifs is 1. The van der Waals surface area contributed by atoms with Crippen molar-refractivity contribution in [1.82, 2.24) is 30.0 Å². The molecule has 1 saturated heterocycles. The first-order valence-corrected chi connectivity index (χ1v) is 10.2. The molecule has 1 aromatic carbocycles. The third-order valence-corrected chi connectivity index (χ3v) is 5.67. The smallest absolute Gasteiger partial charge is 0.160 e. The van der Waals surface area contributed by atoms with Gasteiger partial charge in [-0.25, -0.2) is 19.3 Å². The molecule has 1 aliphatic heterocycles. The van der Waals surface area contributed by atoms with Crippen LogP contribution in [0.3, 0.4) is 0 Å². The molecule has 4 heterocycles. The molecule has 5 rings (SSSR count). The molecule has 8 nitrogen and oxygen atoms in total. The van der Waals surface area contributed by atoms with E-state index in [9.17, 15) is 4.39 Å². The van der Waals surface area contributed by atoms with Crippen molar-refractivity contribution in [2.75, 3.05) is 36.4 Å². The van der Waals surface area contributed by atoms with E-state index >= 15 is 0 Å². The number of hydrogen-bond donors (Lipinski definition) is 2. The molecule has 0 radical (unpaired) electrons. The first-order valence-electron chi connectivity index (χ1n) is 10.2. The van der Waals surface area contributed by atoms with Gasteiger partial charge < -0.3 is 15.5 Å². The van der Waals surface area contributed by atoms with Crippen LogP contribution in [0.1, 0.15) is 5.69 Å². The van der Waals surface area contributed by atoms with Crippen molar-refractivity contribution in [2.24, 2.45) is 7.05 Å². The van der Waals surface area contributed by atoms with Crippen LogP contribution in [0.4, 0.5) is 21.7 Å². The summed E-state index contributed by atoms with van der Waals surface area (Å²) in [5.41, 5.74) is 4.68. The van der Waals surface area contributed by atoms with Gasteiger partial charge in [0.1, 0.15) is 23.5 Å². The van der Waals surface area contributed by atoms with Gasteiger partial charge in [-0.15, -0.1) is 0 Å². The van der Waals surface area contributed by atoms with Crippen molar-refractivity contribution in [3.63, 3.8) is 0 Å². The molecule has 1 aliphatic rings. The van der Waals surface area contributed by atoms with E-state index in [1.165, 1.54) is 18.5 Å².